The molecule has 0 aliphatic carbocycles. The number of amides is 2. The first kappa shape index (κ1) is 19.6. The van der Waals surface area contributed by atoms with Crippen LogP contribution in [-0.2, 0) is 16.0 Å². The van der Waals surface area contributed by atoms with E-state index in [9.17, 15) is 14.0 Å². The van der Waals surface area contributed by atoms with Crippen molar-refractivity contribution in [1.29, 1.82) is 0 Å². The minimum absolute atomic E-state index is 0.0437. The lowest BCUT2D eigenvalue weighted by Crippen LogP contribution is -2.50. The number of carbonyl (C=O) groups excluding carboxylic acids is 2. The summed E-state index contributed by atoms with van der Waals surface area (Å²) < 4.78 is 18.1. The summed E-state index contributed by atoms with van der Waals surface area (Å²) in [5, 5.41) is 0. The van der Waals surface area contributed by atoms with Gasteiger partial charge in [-0.25, -0.2) is 4.39 Å². The van der Waals surface area contributed by atoms with Gasteiger partial charge in [-0.2, -0.15) is 0 Å². The SMILES string of the molecule is COc1cccc(CC(=O)N2CCN(C(=O)/C=C/c3ccc(F)cc3)CC2)c1. The van der Waals surface area contributed by atoms with E-state index in [0.29, 0.717) is 32.6 Å². The van der Waals surface area contributed by atoms with Crippen molar-refractivity contribution in [1.82, 2.24) is 9.80 Å². The largest absolute Gasteiger partial charge is 0.497 e. The number of hydrogen-bond acceptors (Lipinski definition) is 3. The van der Waals surface area contributed by atoms with Gasteiger partial charge in [0.25, 0.3) is 0 Å². The van der Waals surface area contributed by atoms with Gasteiger partial charge in [0.2, 0.25) is 11.8 Å². The van der Waals surface area contributed by atoms with Crippen LogP contribution in [-0.4, -0.2) is 54.9 Å². The average Bonchev–Trinajstić information content (AvgIpc) is 2.73. The molecule has 1 aliphatic rings. The number of hydrogen-bond donors (Lipinski definition) is 0. The summed E-state index contributed by atoms with van der Waals surface area (Å²) in [6.07, 6.45) is 3.47. The van der Waals surface area contributed by atoms with Gasteiger partial charge in [-0.15, -0.1) is 0 Å². The van der Waals surface area contributed by atoms with E-state index in [1.165, 1.54) is 18.2 Å². The second kappa shape index (κ2) is 9.17. The van der Waals surface area contributed by atoms with E-state index in [0.717, 1.165) is 16.9 Å². The van der Waals surface area contributed by atoms with Crippen molar-refractivity contribution >= 4 is 17.9 Å². The van der Waals surface area contributed by atoms with Gasteiger partial charge in [-0.3, -0.25) is 9.59 Å². The van der Waals surface area contributed by atoms with Crippen LogP contribution in [0.15, 0.2) is 54.6 Å². The molecule has 0 N–H and O–H groups in total. The molecule has 0 saturated carbocycles. The maximum absolute atomic E-state index is 12.9. The number of carbonyl (C=O) groups is 2. The Bertz CT molecular complexity index is 856. The zero-order chi connectivity index (χ0) is 19.9. The fraction of sp³-hybridized carbons (Fsp3) is 0.273. The van der Waals surface area contributed by atoms with Crippen molar-refractivity contribution in [2.45, 2.75) is 6.42 Å². The van der Waals surface area contributed by atoms with Crippen LogP contribution >= 0.6 is 0 Å². The molecule has 2 aromatic carbocycles. The van der Waals surface area contributed by atoms with Gasteiger partial charge in [0.15, 0.2) is 0 Å². The molecule has 3 rings (SSSR count). The molecule has 146 valence electrons. The lowest BCUT2D eigenvalue weighted by molar-refractivity contribution is -0.136. The number of methoxy groups -OCH3 is 1. The molecule has 0 unspecified atom stereocenters. The number of halogens is 1. The van der Waals surface area contributed by atoms with Crippen molar-refractivity contribution in [2.75, 3.05) is 33.3 Å². The summed E-state index contributed by atoms with van der Waals surface area (Å²) in [5.41, 5.74) is 1.67. The standard InChI is InChI=1S/C22H23FN2O3/c1-28-20-4-2-3-18(15-20)16-22(27)25-13-11-24(12-14-25)21(26)10-7-17-5-8-19(23)9-6-17/h2-10,15H,11-14,16H2,1H3/b10-7+. The molecule has 1 saturated heterocycles. The molecular formula is C22H23FN2O3. The molecule has 0 spiro atoms. The number of rotatable bonds is 5. The summed E-state index contributed by atoms with van der Waals surface area (Å²) >= 11 is 0. The molecular weight excluding hydrogens is 359 g/mol. The van der Waals surface area contributed by atoms with E-state index in [1.54, 1.807) is 35.1 Å². The third-order valence-electron chi connectivity index (χ3n) is 4.72. The number of piperazine rings is 1. The first-order valence-electron chi connectivity index (χ1n) is 9.18. The number of ether oxygens (including phenoxy) is 1. The van der Waals surface area contributed by atoms with Crippen molar-refractivity contribution < 1.29 is 18.7 Å². The van der Waals surface area contributed by atoms with Gasteiger partial charge in [-0.05, 0) is 41.5 Å². The van der Waals surface area contributed by atoms with Gasteiger partial charge in [0.05, 0.1) is 13.5 Å². The molecule has 0 aromatic heterocycles. The van der Waals surface area contributed by atoms with E-state index >= 15 is 0 Å². The third kappa shape index (κ3) is 5.19. The number of benzene rings is 2. The molecule has 0 atom stereocenters. The highest BCUT2D eigenvalue weighted by atomic mass is 19.1. The summed E-state index contributed by atoms with van der Waals surface area (Å²) in [7, 11) is 1.60. The topological polar surface area (TPSA) is 49.9 Å². The minimum atomic E-state index is -0.307. The fourth-order valence-corrected chi connectivity index (χ4v) is 3.09. The van der Waals surface area contributed by atoms with Crippen LogP contribution in [0.1, 0.15) is 11.1 Å². The highest BCUT2D eigenvalue weighted by Gasteiger charge is 2.23. The Kier molecular flexibility index (Phi) is 6.42. The van der Waals surface area contributed by atoms with Crippen LogP contribution in [0.3, 0.4) is 0 Å². The van der Waals surface area contributed by atoms with Crippen LogP contribution in [0.25, 0.3) is 6.08 Å². The van der Waals surface area contributed by atoms with Crippen LogP contribution in [0, 0.1) is 5.82 Å². The summed E-state index contributed by atoms with van der Waals surface area (Å²) in [6.45, 7) is 2.02. The predicted molar refractivity (Wildman–Crippen MR) is 105 cm³/mol. The Labute approximate surface area is 164 Å². The molecule has 1 fully saturated rings. The Morgan fingerprint density at radius 1 is 1.04 bits per heavy atom. The van der Waals surface area contributed by atoms with Crippen LogP contribution in [0.5, 0.6) is 5.75 Å². The Hall–Kier alpha value is -3.15. The molecule has 2 aromatic rings. The number of nitrogens with zero attached hydrogens (tertiary/aromatic N) is 2. The monoisotopic (exact) mass is 382 g/mol. The van der Waals surface area contributed by atoms with Crippen molar-refractivity contribution in [2.24, 2.45) is 0 Å². The van der Waals surface area contributed by atoms with E-state index in [2.05, 4.69) is 0 Å². The molecule has 0 bridgehead atoms. The molecule has 5 nitrogen and oxygen atoms in total. The predicted octanol–water partition coefficient (Wildman–Crippen LogP) is 2.76. The molecule has 1 heterocycles. The van der Waals surface area contributed by atoms with Crippen molar-refractivity contribution in [3.05, 3.63) is 71.6 Å². The first-order valence-corrected chi connectivity index (χ1v) is 9.18. The molecule has 28 heavy (non-hydrogen) atoms. The summed E-state index contributed by atoms with van der Waals surface area (Å²) in [5.74, 6) is 0.360. The first-order chi connectivity index (χ1) is 13.5. The quantitative estimate of drug-likeness (QED) is 0.748. The summed E-state index contributed by atoms with van der Waals surface area (Å²) in [6, 6.07) is 13.4. The molecule has 6 heteroatoms. The fourth-order valence-electron chi connectivity index (χ4n) is 3.09. The molecule has 0 radical (unpaired) electrons. The second-order valence-corrected chi connectivity index (χ2v) is 6.62. The van der Waals surface area contributed by atoms with Gasteiger partial charge in [-0.1, -0.05) is 24.3 Å². The van der Waals surface area contributed by atoms with Crippen molar-refractivity contribution in [3.63, 3.8) is 0 Å². The van der Waals surface area contributed by atoms with E-state index in [4.69, 9.17) is 4.74 Å². The third-order valence-corrected chi connectivity index (χ3v) is 4.72. The zero-order valence-electron chi connectivity index (χ0n) is 15.8. The Balaban J connectivity index is 1.49. The van der Waals surface area contributed by atoms with Crippen LogP contribution in [0.4, 0.5) is 4.39 Å². The maximum atomic E-state index is 12.9. The van der Waals surface area contributed by atoms with Gasteiger partial charge in [0.1, 0.15) is 11.6 Å². The Morgan fingerprint density at radius 3 is 2.39 bits per heavy atom. The van der Waals surface area contributed by atoms with E-state index in [-0.39, 0.29) is 17.6 Å². The van der Waals surface area contributed by atoms with Gasteiger partial charge >= 0.3 is 0 Å². The average molecular weight is 382 g/mol. The lowest BCUT2D eigenvalue weighted by atomic mass is 10.1. The lowest BCUT2D eigenvalue weighted by Gasteiger charge is -2.34. The van der Waals surface area contributed by atoms with Gasteiger partial charge in [0, 0.05) is 32.3 Å². The van der Waals surface area contributed by atoms with Gasteiger partial charge < -0.3 is 14.5 Å². The van der Waals surface area contributed by atoms with E-state index < -0.39 is 0 Å². The minimum Gasteiger partial charge on any atom is -0.497 e. The normalized spacial score (nSPS) is 14.4. The summed E-state index contributed by atoms with van der Waals surface area (Å²) in [4.78, 5) is 28.3. The maximum Gasteiger partial charge on any atom is 0.246 e. The second-order valence-electron chi connectivity index (χ2n) is 6.62. The molecule has 2 amide bonds. The highest BCUT2D eigenvalue weighted by molar-refractivity contribution is 5.92. The molecule has 1 aliphatic heterocycles. The Morgan fingerprint density at radius 2 is 1.71 bits per heavy atom. The van der Waals surface area contributed by atoms with E-state index in [1.807, 2.05) is 24.3 Å². The smallest absolute Gasteiger partial charge is 0.246 e. The zero-order valence-corrected chi connectivity index (χ0v) is 15.8. The van der Waals surface area contributed by atoms with Crippen molar-refractivity contribution in [3.8, 4) is 5.75 Å². The van der Waals surface area contributed by atoms with Crippen LogP contribution < -0.4 is 4.74 Å². The highest BCUT2D eigenvalue weighted by Crippen LogP contribution is 2.14. The van der Waals surface area contributed by atoms with Crippen LogP contribution in [0.2, 0.25) is 0 Å².